The van der Waals surface area contributed by atoms with Crippen LogP contribution in [-0.2, 0) is 6.54 Å². The molecule has 1 aromatic rings. The molecule has 1 heterocycles. The first kappa shape index (κ1) is 16.5. The third kappa shape index (κ3) is 5.61. The van der Waals surface area contributed by atoms with E-state index >= 15 is 0 Å². The summed E-state index contributed by atoms with van der Waals surface area (Å²) in [5.74, 6) is 0.305. The van der Waals surface area contributed by atoms with Crippen molar-refractivity contribution < 1.29 is 5.21 Å². The van der Waals surface area contributed by atoms with Gasteiger partial charge in [0.15, 0.2) is 0 Å². The molecule has 20 heavy (non-hydrogen) atoms. The lowest BCUT2D eigenvalue weighted by molar-refractivity contribution is 0.304. The number of unbranched alkanes of at least 4 members (excludes halogenated alkanes) is 1. The van der Waals surface area contributed by atoms with E-state index in [-0.39, 0.29) is 5.41 Å². The normalized spacial score (nSPS) is 12.8. The van der Waals surface area contributed by atoms with E-state index in [1.807, 2.05) is 37.8 Å². The monoisotopic (exact) mass is 281 g/mol. The number of rotatable bonds is 9. The highest BCUT2D eigenvalue weighted by Crippen LogP contribution is 2.22. The topological polar surface area (TPSA) is 88.5 Å². The second-order valence-corrected chi connectivity index (χ2v) is 5.86. The van der Waals surface area contributed by atoms with Gasteiger partial charge in [-0.2, -0.15) is 5.10 Å². The fourth-order valence-electron chi connectivity index (χ4n) is 1.99. The molecule has 0 atom stereocenters. The van der Waals surface area contributed by atoms with Crippen LogP contribution in [0.25, 0.3) is 0 Å². The van der Waals surface area contributed by atoms with Crippen molar-refractivity contribution >= 4 is 5.84 Å². The van der Waals surface area contributed by atoms with Gasteiger partial charge in [0.2, 0.25) is 0 Å². The van der Waals surface area contributed by atoms with Crippen molar-refractivity contribution in [1.82, 2.24) is 15.1 Å². The maximum atomic E-state index is 8.70. The molecule has 0 aliphatic rings. The Morgan fingerprint density at radius 1 is 1.45 bits per heavy atom. The number of hydrogen-bond acceptors (Lipinski definition) is 4. The maximum Gasteiger partial charge on any atom is 0.144 e. The molecular formula is C14H27N5O. The average molecular weight is 281 g/mol. The van der Waals surface area contributed by atoms with Crippen LogP contribution in [0.1, 0.15) is 38.7 Å². The quantitative estimate of drug-likeness (QED) is 0.211. The Morgan fingerprint density at radius 2 is 2.20 bits per heavy atom. The fourth-order valence-corrected chi connectivity index (χ4v) is 1.99. The molecule has 1 rings (SSSR count). The minimum atomic E-state index is -0.235. The van der Waals surface area contributed by atoms with Gasteiger partial charge in [-0.3, -0.25) is 4.68 Å². The molecule has 0 spiro atoms. The van der Waals surface area contributed by atoms with Crippen LogP contribution >= 0.6 is 0 Å². The SMILES string of the molecule is Cc1cnn(CCNCCCCC(C)(C)C(N)=NO)c1. The molecule has 0 aliphatic carbocycles. The van der Waals surface area contributed by atoms with Crippen molar-refractivity contribution in [2.45, 2.75) is 46.6 Å². The van der Waals surface area contributed by atoms with Crippen LogP contribution in [0.15, 0.2) is 17.5 Å². The molecule has 6 heteroatoms. The van der Waals surface area contributed by atoms with E-state index in [0.29, 0.717) is 5.84 Å². The van der Waals surface area contributed by atoms with E-state index in [9.17, 15) is 0 Å². The Bertz CT molecular complexity index is 425. The van der Waals surface area contributed by atoms with Gasteiger partial charge in [-0.1, -0.05) is 25.4 Å². The fraction of sp³-hybridized carbons (Fsp3) is 0.714. The molecule has 0 saturated heterocycles. The molecule has 0 fully saturated rings. The predicted octanol–water partition coefficient (Wildman–Crippen LogP) is 1.72. The maximum absolute atomic E-state index is 8.70. The summed E-state index contributed by atoms with van der Waals surface area (Å²) in [5, 5.41) is 19.4. The van der Waals surface area contributed by atoms with E-state index < -0.39 is 0 Å². The van der Waals surface area contributed by atoms with Gasteiger partial charge >= 0.3 is 0 Å². The Hall–Kier alpha value is -1.56. The summed E-state index contributed by atoms with van der Waals surface area (Å²) >= 11 is 0. The van der Waals surface area contributed by atoms with E-state index in [1.54, 1.807) is 0 Å². The Kier molecular flexibility index (Phi) is 6.51. The highest BCUT2D eigenvalue weighted by molar-refractivity contribution is 5.85. The van der Waals surface area contributed by atoms with Gasteiger partial charge in [-0.05, 0) is 31.9 Å². The summed E-state index contributed by atoms with van der Waals surface area (Å²) in [6.07, 6.45) is 6.97. The molecule has 0 amide bonds. The molecule has 0 saturated carbocycles. The number of oxime groups is 1. The van der Waals surface area contributed by atoms with Crippen molar-refractivity contribution in [3.63, 3.8) is 0 Å². The van der Waals surface area contributed by atoms with Crippen molar-refractivity contribution in [2.24, 2.45) is 16.3 Å². The van der Waals surface area contributed by atoms with Gasteiger partial charge in [0.1, 0.15) is 5.84 Å². The minimum Gasteiger partial charge on any atom is -0.409 e. The Morgan fingerprint density at radius 3 is 2.80 bits per heavy atom. The smallest absolute Gasteiger partial charge is 0.144 e. The van der Waals surface area contributed by atoms with Crippen molar-refractivity contribution in [2.75, 3.05) is 13.1 Å². The molecule has 4 N–H and O–H groups in total. The second kappa shape index (κ2) is 7.89. The molecule has 1 aromatic heterocycles. The molecule has 6 nitrogen and oxygen atoms in total. The van der Waals surface area contributed by atoms with E-state index in [4.69, 9.17) is 10.9 Å². The summed E-state index contributed by atoms with van der Waals surface area (Å²) in [4.78, 5) is 0. The Labute approximate surface area is 121 Å². The van der Waals surface area contributed by atoms with Gasteiger partial charge in [-0.15, -0.1) is 0 Å². The molecule has 0 aliphatic heterocycles. The van der Waals surface area contributed by atoms with Crippen LogP contribution in [-0.4, -0.2) is 33.9 Å². The van der Waals surface area contributed by atoms with Gasteiger partial charge in [0.25, 0.3) is 0 Å². The summed E-state index contributed by atoms with van der Waals surface area (Å²) in [5.41, 5.74) is 6.61. The first-order chi connectivity index (χ1) is 9.45. The lowest BCUT2D eigenvalue weighted by Gasteiger charge is -2.22. The molecule has 0 unspecified atom stereocenters. The van der Waals surface area contributed by atoms with Gasteiger partial charge in [0, 0.05) is 18.2 Å². The number of nitrogens with zero attached hydrogens (tertiary/aromatic N) is 3. The van der Waals surface area contributed by atoms with Crippen LogP contribution in [0.2, 0.25) is 0 Å². The first-order valence-electron chi connectivity index (χ1n) is 7.13. The Balaban J connectivity index is 2.05. The van der Waals surface area contributed by atoms with Gasteiger partial charge in [0.05, 0.1) is 12.7 Å². The highest BCUT2D eigenvalue weighted by Gasteiger charge is 2.22. The number of nitrogens with one attached hydrogen (secondary N) is 1. The summed E-state index contributed by atoms with van der Waals surface area (Å²) < 4.78 is 1.95. The standard InChI is InChI=1S/C14H27N5O/c1-12-10-17-19(11-12)9-8-16-7-5-4-6-14(2,3)13(15)18-20/h10-11,16,20H,4-9H2,1-3H3,(H2,15,18). The van der Waals surface area contributed by atoms with Crippen LogP contribution in [0, 0.1) is 12.3 Å². The molecule has 0 aromatic carbocycles. The van der Waals surface area contributed by atoms with Crippen LogP contribution in [0.4, 0.5) is 0 Å². The summed E-state index contributed by atoms with van der Waals surface area (Å²) in [6.45, 7) is 8.83. The third-order valence-corrected chi connectivity index (χ3v) is 3.49. The minimum absolute atomic E-state index is 0.235. The number of hydrogen-bond donors (Lipinski definition) is 3. The van der Waals surface area contributed by atoms with Gasteiger partial charge < -0.3 is 16.3 Å². The van der Waals surface area contributed by atoms with Crippen molar-refractivity contribution in [3.8, 4) is 0 Å². The zero-order valence-corrected chi connectivity index (χ0v) is 12.8. The zero-order chi connectivity index (χ0) is 15.0. The number of amidine groups is 1. The largest absolute Gasteiger partial charge is 0.409 e. The number of nitrogens with two attached hydrogens (primary N) is 1. The van der Waals surface area contributed by atoms with Crippen molar-refractivity contribution in [3.05, 3.63) is 18.0 Å². The molecule has 0 radical (unpaired) electrons. The van der Waals surface area contributed by atoms with E-state index in [1.165, 1.54) is 5.56 Å². The third-order valence-electron chi connectivity index (χ3n) is 3.49. The lowest BCUT2D eigenvalue weighted by atomic mass is 9.86. The summed E-state index contributed by atoms with van der Waals surface area (Å²) in [7, 11) is 0. The lowest BCUT2D eigenvalue weighted by Crippen LogP contribution is -2.32. The van der Waals surface area contributed by atoms with Crippen molar-refractivity contribution in [1.29, 1.82) is 0 Å². The zero-order valence-electron chi connectivity index (χ0n) is 12.8. The van der Waals surface area contributed by atoms with Crippen LogP contribution in [0.5, 0.6) is 0 Å². The van der Waals surface area contributed by atoms with E-state index in [0.717, 1.165) is 38.9 Å². The van der Waals surface area contributed by atoms with Gasteiger partial charge in [-0.25, -0.2) is 0 Å². The summed E-state index contributed by atoms with van der Waals surface area (Å²) in [6, 6.07) is 0. The average Bonchev–Trinajstić information content (AvgIpc) is 2.82. The van der Waals surface area contributed by atoms with E-state index in [2.05, 4.69) is 15.6 Å². The molecule has 0 bridgehead atoms. The number of aromatic nitrogens is 2. The van der Waals surface area contributed by atoms with Crippen LogP contribution in [0.3, 0.4) is 0 Å². The molecular weight excluding hydrogens is 254 g/mol. The number of aryl methyl sites for hydroxylation is 1. The first-order valence-corrected chi connectivity index (χ1v) is 7.13. The molecule has 114 valence electrons. The second-order valence-electron chi connectivity index (χ2n) is 5.86. The van der Waals surface area contributed by atoms with Crippen LogP contribution < -0.4 is 11.1 Å². The predicted molar refractivity (Wildman–Crippen MR) is 80.9 cm³/mol. The highest BCUT2D eigenvalue weighted by atomic mass is 16.4.